The highest BCUT2D eigenvalue weighted by molar-refractivity contribution is 5.78. The molecule has 1 aliphatic heterocycles. The zero-order chi connectivity index (χ0) is 17.5. The van der Waals surface area contributed by atoms with Crippen molar-refractivity contribution in [3.05, 3.63) is 65.2 Å². The van der Waals surface area contributed by atoms with Crippen molar-refractivity contribution in [1.82, 2.24) is 5.32 Å². The van der Waals surface area contributed by atoms with E-state index >= 15 is 0 Å². The fourth-order valence-corrected chi connectivity index (χ4v) is 3.23. The van der Waals surface area contributed by atoms with E-state index in [1.54, 1.807) is 0 Å². The molecule has 1 atom stereocenters. The van der Waals surface area contributed by atoms with Crippen LogP contribution in [0.2, 0.25) is 0 Å². The fraction of sp³-hybridized carbons (Fsp3) is 0.409. The van der Waals surface area contributed by atoms with Crippen LogP contribution in [0.15, 0.2) is 48.5 Å². The van der Waals surface area contributed by atoms with Gasteiger partial charge in [-0.15, -0.1) is 0 Å². The Morgan fingerprint density at radius 3 is 2.68 bits per heavy atom. The number of hydrogen-bond acceptors (Lipinski definition) is 2. The van der Waals surface area contributed by atoms with Crippen molar-refractivity contribution >= 4 is 5.91 Å². The highest BCUT2D eigenvalue weighted by atomic mass is 16.5. The molecule has 3 heteroatoms. The van der Waals surface area contributed by atoms with Gasteiger partial charge in [0.15, 0.2) is 0 Å². The van der Waals surface area contributed by atoms with Crippen LogP contribution in [0.3, 0.4) is 0 Å². The van der Waals surface area contributed by atoms with E-state index in [0.717, 1.165) is 24.2 Å². The molecule has 1 N–H and O–H groups in total. The molecular formula is C22H27NO2. The highest BCUT2D eigenvalue weighted by Crippen LogP contribution is 2.26. The first-order chi connectivity index (χ1) is 12.2. The van der Waals surface area contributed by atoms with Gasteiger partial charge in [0.2, 0.25) is 5.91 Å². The molecule has 0 spiro atoms. The maximum absolute atomic E-state index is 12.2. The quantitative estimate of drug-likeness (QED) is 0.831. The minimum atomic E-state index is 0.0835. The average molecular weight is 337 g/mol. The van der Waals surface area contributed by atoms with Gasteiger partial charge in [-0.1, -0.05) is 55.8 Å². The zero-order valence-corrected chi connectivity index (χ0v) is 15.0. The van der Waals surface area contributed by atoms with Crippen LogP contribution in [0.5, 0.6) is 5.75 Å². The Balaban J connectivity index is 1.44. The van der Waals surface area contributed by atoms with E-state index in [2.05, 4.69) is 42.6 Å². The molecule has 2 aromatic carbocycles. The van der Waals surface area contributed by atoms with Gasteiger partial charge in [-0.05, 0) is 42.0 Å². The number of fused-ring (bicyclic) bond motifs is 1. The maximum Gasteiger partial charge on any atom is 0.224 e. The summed E-state index contributed by atoms with van der Waals surface area (Å²) in [4.78, 5) is 12.2. The minimum Gasteiger partial charge on any atom is -0.493 e. The number of carbonyl (C=O) groups is 1. The number of unbranched alkanes of at least 4 members (excludes halogenated alkanes) is 1. The van der Waals surface area contributed by atoms with E-state index < -0.39 is 0 Å². The molecule has 25 heavy (non-hydrogen) atoms. The molecule has 0 radical (unpaired) electrons. The number of benzene rings is 2. The second-order valence-corrected chi connectivity index (χ2v) is 6.89. The molecule has 1 aliphatic rings. The summed E-state index contributed by atoms with van der Waals surface area (Å²) in [7, 11) is 0. The fourth-order valence-electron chi connectivity index (χ4n) is 3.23. The highest BCUT2D eigenvalue weighted by Gasteiger charge is 2.19. The van der Waals surface area contributed by atoms with Gasteiger partial charge in [0.1, 0.15) is 5.75 Å². The molecule has 1 unspecified atom stereocenters. The summed E-state index contributed by atoms with van der Waals surface area (Å²) in [5.41, 5.74) is 3.66. The predicted octanol–water partition coefficient (Wildman–Crippen LogP) is 3.94. The largest absolute Gasteiger partial charge is 0.493 e. The van der Waals surface area contributed by atoms with E-state index in [1.165, 1.54) is 24.0 Å². The molecule has 0 fully saturated rings. The minimum absolute atomic E-state index is 0.0835. The Bertz CT molecular complexity index is 693. The molecule has 132 valence electrons. The first-order valence-corrected chi connectivity index (χ1v) is 9.30. The van der Waals surface area contributed by atoms with Crippen molar-refractivity contribution in [3.63, 3.8) is 0 Å². The molecule has 1 amide bonds. The third-order valence-corrected chi connectivity index (χ3v) is 4.75. The molecule has 0 aromatic heterocycles. The Morgan fingerprint density at radius 2 is 1.88 bits per heavy atom. The molecule has 1 heterocycles. The molecule has 0 saturated heterocycles. The van der Waals surface area contributed by atoms with Crippen LogP contribution in [0.4, 0.5) is 0 Å². The van der Waals surface area contributed by atoms with Crippen molar-refractivity contribution in [2.45, 2.75) is 39.0 Å². The first-order valence-electron chi connectivity index (χ1n) is 9.30. The zero-order valence-electron chi connectivity index (χ0n) is 15.0. The number of ether oxygens (including phenoxy) is 1. The van der Waals surface area contributed by atoms with Gasteiger partial charge in [-0.25, -0.2) is 0 Å². The topological polar surface area (TPSA) is 38.3 Å². The molecule has 2 aromatic rings. The number of aryl methyl sites for hydroxylation is 1. The Kier molecular flexibility index (Phi) is 6.10. The van der Waals surface area contributed by atoms with Crippen molar-refractivity contribution in [1.29, 1.82) is 0 Å². The van der Waals surface area contributed by atoms with Gasteiger partial charge in [0.05, 0.1) is 13.0 Å². The van der Waals surface area contributed by atoms with Crippen LogP contribution in [-0.4, -0.2) is 19.1 Å². The molecule has 3 rings (SSSR count). The molecule has 0 bridgehead atoms. The summed E-state index contributed by atoms with van der Waals surface area (Å²) in [6.07, 6.45) is 4.94. The predicted molar refractivity (Wildman–Crippen MR) is 101 cm³/mol. The lowest BCUT2D eigenvalue weighted by Crippen LogP contribution is -2.35. The van der Waals surface area contributed by atoms with Gasteiger partial charge < -0.3 is 10.1 Å². The normalized spacial score (nSPS) is 16.0. The van der Waals surface area contributed by atoms with Crippen molar-refractivity contribution in [2.24, 2.45) is 5.92 Å². The molecular weight excluding hydrogens is 310 g/mol. The van der Waals surface area contributed by atoms with Gasteiger partial charge >= 0.3 is 0 Å². The van der Waals surface area contributed by atoms with Crippen LogP contribution in [0, 0.1) is 5.92 Å². The average Bonchev–Trinajstić information content (AvgIpc) is 2.65. The third kappa shape index (κ3) is 5.09. The summed E-state index contributed by atoms with van der Waals surface area (Å²) in [6.45, 7) is 3.54. The van der Waals surface area contributed by atoms with Gasteiger partial charge in [-0.2, -0.15) is 0 Å². The van der Waals surface area contributed by atoms with Crippen LogP contribution >= 0.6 is 0 Å². The van der Waals surface area contributed by atoms with E-state index in [0.29, 0.717) is 25.5 Å². The van der Waals surface area contributed by atoms with Crippen LogP contribution in [-0.2, 0) is 24.1 Å². The SMILES string of the molecule is CCCCc1ccc(CC(=O)NCC2COc3ccccc3C2)cc1. The van der Waals surface area contributed by atoms with E-state index in [9.17, 15) is 4.79 Å². The van der Waals surface area contributed by atoms with Gasteiger partial charge in [0.25, 0.3) is 0 Å². The number of nitrogens with one attached hydrogen (secondary N) is 1. The van der Waals surface area contributed by atoms with Crippen LogP contribution in [0.25, 0.3) is 0 Å². The lowest BCUT2D eigenvalue weighted by atomic mass is 9.96. The van der Waals surface area contributed by atoms with Gasteiger partial charge in [0, 0.05) is 12.5 Å². The summed E-state index contributed by atoms with van der Waals surface area (Å²) in [5.74, 6) is 1.41. The molecule has 0 saturated carbocycles. The summed E-state index contributed by atoms with van der Waals surface area (Å²) < 4.78 is 5.78. The lowest BCUT2D eigenvalue weighted by Gasteiger charge is -2.25. The summed E-state index contributed by atoms with van der Waals surface area (Å²) in [6, 6.07) is 16.6. The monoisotopic (exact) mass is 337 g/mol. The standard InChI is InChI=1S/C22H27NO2/c1-2-3-6-17-9-11-18(12-10-17)14-22(24)23-15-19-13-20-7-4-5-8-21(20)25-16-19/h4-5,7-12,19H,2-3,6,13-16H2,1H3,(H,23,24). The summed E-state index contributed by atoms with van der Waals surface area (Å²) in [5, 5.41) is 3.06. The van der Waals surface area contributed by atoms with Crippen LogP contribution in [0.1, 0.15) is 36.5 Å². The molecule has 0 aliphatic carbocycles. The number of hydrogen-bond donors (Lipinski definition) is 1. The third-order valence-electron chi connectivity index (χ3n) is 4.75. The second kappa shape index (κ2) is 8.70. The van der Waals surface area contributed by atoms with Crippen molar-refractivity contribution < 1.29 is 9.53 Å². The number of amides is 1. The van der Waals surface area contributed by atoms with E-state index in [-0.39, 0.29) is 5.91 Å². The van der Waals surface area contributed by atoms with Gasteiger partial charge in [-0.3, -0.25) is 4.79 Å². The number of para-hydroxylation sites is 1. The van der Waals surface area contributed by atoms with E-state index in [4.69, 9.17) is 4.74 Å². The Labute approximate surface area is 150 Å². The second-order valence-electron chi connectivity index (χ2n) is 6.89. The van der Waals surface area contributed by atoms with E-state index in [1.807, 2.05) is 18.2 Å². The first kappa shape index (κ1) is 17.5. The Morgan fingerprint density at radius 1 is 1.12 bits per heavy atom. The summed E-state index contributed by atoms with van der Waals surface area (Å²) >= 11 is 0. The van der Waals surface area contributed by atoms with Crippen molar-refractivity contribution in [2.75, 3.05) is 13.2 Å². The lowest BCUT2D eigenvalue weighted by molar-refractivity contribution is -0.120. The Hall–Kier alpha value is -2.29. The number of rotatable bonds is 7. The van der Waals surface area contributed by atoms with Crippen LogP contribution < -0.4 is 10.1 Å². The smallest absolute Gasteiger partial charge is 0.224 e. The molecule has 3 nitrogen and oxygen atoms in total. The maximum atomic E-state index is 12.2. The number of carbonyl (C=O) groups excluding carboxylic acids is 1. The van der Waals surface area contributed by atoms with Crippen molar-refractivity contribution in [3.8, 4) is 5.75 Å².